The smallest absolute Gasteiger partial charge is 0.102 e. The van der Waals surface area contributed by atoms with Gasteiger partial charge in [-0.25, -0.2) is 0 Å². The molecular weight excluding hydrogens is 566 g/mol. The Balaban J connectivity index is 0.00000231. The van der Waals surface area contributed by atoms with E-state index in [4.69, 9.17) is 9.97 Å². The molecule has 165 valence electrons. The summed E-state index contributed by atoms with van der Waals surface area (Å²) < 4.78 is 16.1. The van der Waals surface area contributed by atoms with Gasteiger partial charge in [-0.3, -0.25) is 14.4 Å². The van der Waals surface area contributed by atoms with Crippen LogP contribution in [0.2, 0.25) is 0 Å². The van der Waals surface area contributed by atoms with Gasteiger partial charge in [0.1, 0.15) is 5.82 Å². The molecular formula is C26H29FIrN3-. The van der Waals surface area contributed by atoms with E-state index in [0.29, 0.717) is 5.52 Å². The average molecular weight is 595 g/mol. The monoisotopic (exact) mass is 595 g/mol. The second kappa shape index (κ2) is 6.83. The molecule has 2 aromatic heterocycles. The molecule has 0 N–H and O–H groups in total. The molecule has 31 heavy (non-hydrogen) atoms. The summed E-state index contributed by atoms with van der Waals surface area (Å²) in [5, 5.41) is 0.761. The molecule has 3 nitrogen and oxygen atoms in total. The van der Waals surface area contributed by atoms with Gasteiger partial charge < -0.3 is 4.40 Å². The van der Waals surface area contributed by atoms with Gasteiger partial charge in [-0.15, -0.1) is 12.1 Å². The van der Waals surface area contributed by atoms with Gasteiger partial charge in [0.05, 0.1) is 16.7 Å². The number of benzene rings is 2. The molecule has 0 bridgehead atoms. The number of fused-ring (bicyclic) bond motifs is 6. The first-order chi connectivity index (χ1) is 13.9. The van der Waals surface area contributed by atoms with Crippen molar-refractivity contribution in [3.05, 3.63) is 53.1 Å². The maximum absolute atomic E-state index is 13.9. The van der Waals surface area contributed by atoms with E-state index in [2.05, 4.69) is 71.1 Å². The zero-order valence-corrected chi connectivity index (χ0v) is 21.7. The van der Waals surface area contributed by atoms with Gasteiger partial charge in [0, 0.05) is 31.3 Å². The molecule has 2 aromatic carbocycles. The molecule has 1 aliphatic carbocycles. The van der Waals surface area contributed by atoms with Gasteiger partial charge in [0.25, 0.3) is 0 Å². The zero-order chi connectivity index (χ0) is 21.6. The van der Waals surface area contributed by atoms with Crippen LogP contribution in [0.15, 0.2) is 24.3 Å². The Morgan fingerprint density at radius 1 is 0.935 bits per heavy atom. The predicted molar refractivity (Wildman–Crippen MR) is 121 cm³/mol. The normalized spacial score (nSPS) is 17.7. The Hall–Kier alpha value is -1.84. The van der Waals surface area contributed by atoms with Crippen LogP contribution < -0.4 is 0 Å². The molecule has 0 spiro atoms. The van der Waals surface area contributed by atoms with Gasteiger partial charge in [-0.05, 0) is 52.4 Å². The summed E-state index contributed by atoms with van der Waals surface area (Å²) in [5.41, 5.74) is 6.25. The molecule has 5 heteroatoms. The standard InChI is InChI=1S/C26H29FN3.Ir/c1-24(2,3)23-29-19-12-15(27)8-9-16(19)22-28-20-13-17-18(14-21(20)30(22)23)26(6,7)11-10-25(17,4)5;/h8,12-14H,10-11H2,1-7H3;/q-1;. The Morgan fingerprint density at radius 2 is 1.55 bits per heavy atom. The second-order valence-corrected chi connectivity index (χ2v) is 11.2. The van der Waals surface area contributed by atoms with E-state index in [1.807, 2.05) is 0 Å². The summed E-state index contributed by atoms with van der Waals surface area (Å²) in [6.07, 6.45) is 2.33. The third-order valence-corrected chi connectivity index (χ3v) is 6.84. The molecule has 0 atom stereocenters. The fourth-order valence-electron chi connectivity index (χ4n) is 4.91. The number of halogens is 1. The van der Waals surface area contributed by atoms with E-state index in [0.717, 1.165) is 40.7 Å². The summed E-state index contributed by atoms with van der Waals surface area (Å²) in [6.45, 7) is 15.8. The molecule has 5 rings (SSSR count). The number of aromatic nitrogens is 3. The van der Waals surface area contributed by atoms with Crippen LogP contribution in [0.4, 0.5) is 4.39 Å². The van der Waals surface area contributed by atoms with Crippen LogP contribution in [-0.4, -0.2) is 14.4 Å². The maximum atomic E-state index is 13.9. The topological polar surface area (TPSA) is 30.2 Å². The van der Waals surface area contributed by atoms with Crippen LogP contribution in [0.25, 0.3) is 27.6 Å². The molecule has 0 unspecified atom stereocenters. The van der Waals surface area contributed by atoms with Crippen LogP contribution in [0.5, 0.6) is 0 Å². The third-order valence-electron chi connectivity index (χ3n) is 6.84. The van der Waals surface area contributed by atoms with Gasteiger partial charge in [-0.2, -0.15) is 0 Å². The molecule has 2 heterocycles. The van der Waals surface area contributed by atoms with Crippen molar-refractivity contribution in [2.24, 2.45) is 0 Å². The number of nitrogens with zero attached hydrogens (tertiary/aromatic N) is 3. The second-order valence-electron chi connectivity index (χ2n) is 11.2. The molecule has 1 aliphatic rings. The zero-order valence-electron chi connectivity index (χ0n) is 19.3. The van der Waals surface area contributed by atoms with E-state index in [1.165, 1.54) is 23.3 Å². The van der Waals surface area contributed by atoms with Crippen LogP contribution in [0.1, 0.15) is 78.3 Å². The number of hydrogen-bond donors (Lipinski definition) is 0. The van der Waals surface area contributed by atoms with Crippen molar-refractivity contribution in [3.63, 3.8) is 0 Å². The molecule has 4 aromatic rings. The van der Waals surface area contributed by atoms with E-state index < -0.39 is 0 Å². The molecule has 1 radical (unpaired) electrons. The summed E-state index contributed by atoms with van der Waals surface area (Å²) in [4.78, 5) is 9.92. The summed E-state index contributed by atoms with van der Waals surface area (Å²) in [7, 11) is 0. The van der Waals surface area contributed by atoms with Crippen molar-refractivity contribution in [1.82, 2.24) is 14.4 Å². The van der Waals surface area contributed by atoms with Gasteiger partial charge in [0.2, 0.25) is 0 Å². The number of imidazole rings is 1. The summed E-state index contributed by atoms with van der Waals surface area (Å²) in [5.74, 6) is 0.564. The summed E-state index contributed by atoms with van der Waals surface area (Å²) >= 11 is 0. The predicted octanol–water partition coefficient (Wildman–Crippen LogP) is 6.62. The molecule has 0 saturated carbocycles. The molecule has 0 amide bonds. The number of rotatable bonds is 0. The molecule has 0 fully saturated rings. The van der Waals surface area contributed by atoms with Gasteiger partial charge >= 0.3 is 0 Å². The maximum Gasteiger partial charge on any atom is 0.102 e. The van der Waals surface area contributed by atoms with E-state index in [1.54, 1.807) is 0 Å². The Bertz CT molecular complexity index is 1340. The minimum atomic E-state index is -0.325. The van der Waals surface area contributed by atoms with E-state index in [9.17, 15) is 4.39 Å². The van der Waals surface area contributed by atoms with Crippen LogP contribution in [-0.2, 0) is 36.4 Å². The fraction of sp³-hybridized carbons (Fsp3) is 0.462. The minimum absolute atomic E-state index is 0. The van der Waals surface area contributed by atoms with Crippen molar-refractivity contribution in [2.45, 2.75) is 77.6 Å². The van der Waals surface area contributed by atoms with Crippen molar-refractivity contribution in [1.29, 1.82) is 0 Å². The van der Waals surface area contributed by atoms with Gasteiger partial charge in [-0.1, -0.05) is 59.9 Å². The summed E-state index contributed by atoms with van der Waals surface area (Å²) in [6, 6.07) is 10.5. The van der Waals surface area contributed by atoms with Crippen LogP contribution in [0.3, 0.4) is 0 Å². The Labute approximate surface area is 196 Å². The molecule has 0 aliphatic heterocycles. The molecule has 0 saturated heterocycles. The third kappa shape index (κ3) is 3.32. The number of hydrogen-bond acceptors (Lipinski definition) is 2. The quantitative estimate of drug-likeness (QED) is 0.214. The van der Waals surface area contributed by atoms with Crippen LogP contribution >= 0.6 is 0 Å². The van der Waals surface area contributed by atoms with Gasteiger partial charge in [0.15, 0.2) is 0 Å². The van der Waals surface area contributed by atoms with E-state index in [-0.39, 0.29) is 42.2 Å². The SMILES string of the molecule is CC(C)(C)c1nc2cc(F)c[c-]c2c2nc3cc4c(cc3n12)C(C)(C)CCC4(C)C.[Ir]. The first-order valence-electron chi connectivity index (χ1n) is 10.8. The van der Waals surface area contributed by atoms with Crippen molar-refractivity contribution < 1.29 is 24.5 Å². The Kier molecular flexibility index (Phi) is 4.92. The first kappa shape index (κ1) is 22.4. The Morgan fingerprint density at radius 3 is 2.16 bits per heavy atom. The fourth-order valence-corrected chi connectivity index (χ4v) is 4.91. The first-order valence-corrected chi connectivity index (χ1v) is 10.8. The average Bonchev–Trinajstić information content (AvgIpc) is 3.01. The van der Waals surface area contributed by atoms with E-state index >= 15 is 0 Å². The minimum Gasteiger partial charge on any atom is -0.321 e. The van der Waals surface area contributed by atoms with Crippen LogP contribution in [0, 0.1) is 11.9 Å². The van der Waals surface area contributed by atoms with Crippen molar-refractivity contribution >= 4 is 27.6 Å². The van der Waals surface area contributed by atoms with Crippen molar-refractivity contribution in [3.8, 4) is 0 Å². The van der Waals surface area contributed by atoms with Crippen molar-refractivity contribution in [2.75, 3.05) is 0 Å². The largest absolute Gasteiger partial charge is 0.321 e.